The number of amides is 2. The lowest BCUT2D eigenvalue weighted by atomic mass is 10.1. The summed E-state index contributed by atoms with van der Waals surface area (Å²) in [7, 11) is -3.87. The van der Waals surface area contributed by atoms with Gasteiger partial charge in [0.2, 0.25) is 17.8 Å². The van der Waals surface area contributed by atoms with E-state index in [9.17, 15) is 18.0 Å². The molecule has 1 atom stereocenters. The van der Waals surface area contributed by atoms with Crippen molar-refractivity contribution < 1.29 is 18.0 Å². The molecule has 0 saturated carbocycles. The van der Waals surface area contributed by atoms with E-state index in [0.717, 1.165) is 16.8 Å². The Bertz CT molecular complexity index is 1290. The first kappa shape index (κ1) is 22.4. The summed E-state index contributed by atoms with van der Waals surface area (Å²) >= 11 is 0. The Kier molecular flexibility index (Phi) is 6.10. The molecule has 1 fully saturated rings. The second-order valence-electron chi connectivity index (χ2n) is 7.82. The molecular weight excluding hydrogens is 442 g/mol. The van der Waals surface area contributed by atoms with E-state index in [4.69, 9.17) is 0 Å². The van der Waals surface area contributed by atoms with Gasteiger partial charge in [-0.25, -0.2) is 23.1 Å². The number of carbonyl (C=O) groups is 2. The zero-order valence-electron chi connectivity index (χ0n) is 18.1. The van der Waals surface area contributed by atoms with Crippen molar-refractivity contribution in [3.05, 3.63) is 72.1 Å². The van der Waals surface area contributed by atoms with Gasteiger partial charge in [-0.05, 0) is 61.4 Å². The minimum Gasteiger partial charge on any atom is -0.326 e. The smallest absolute Gasteiger partial charge is 0.264 e. The quantitative estimate of drug-likeness (QED) is 0.577. The van der Waals surface area contributed by atoms with Crippen molar-refractivity contribution in [2.24, 2.45) is 5.92 Å². The van der Waals surface area contributed by atoms with Gasteiger partial charge in [0.05, 0.1) is 10.8 Å². The lowest BCUT2D eigenvalue weighted by Crippen LogP contribution is -2.28. The van der Waals surface area contributed by atoms with Crippen molar-refractivity contribution in [1.82, 2.24) is 9.97 Å². The Morgan fingerprint density at radius 1 is 1.03 bits per heavy atom. The summed E-state index contributed by atoms with van der Waals surface area (Å²) in [4.78, 5) is 34.7. The highest BCUT2D eigenvalue weighted by atomic mass is 32.2. The Labute approximate surface area is 191 Å². The number of carbonyl (C=O) groups excluding carboxylic acids is 2. The molecule has 2 aromatic carbocycles. The third-order valence-corrected chi connectivity index (χ3v) is 6.93. The van der Waals surface area contributed by atoms with Gasteiger partial charge in [0, 0.05) is 36.7 Å². The highest BCUT2D eigenvalue weighted by Crippen LogP contribution is 2.30. The molecule has 1 aromatic heterocycles. The molecule has 0 radical (unpaired) electrons. The van der Waals surface area contributed by atoms with Gasteiger partial charge in [-0.3, -0.25) is 9.59 Å². The molecule has 2 amide bonds. The van der Waals surface area contributed by atoms with Crippen molar-refractivity contribution >= 4 is 39.2 Å². The zero-order valence-corrected chi connectivity index (χ0v) is 19.0. The van der Waals surface area contributed by atoms with Crippen LogP contribution in [0.1, 0.15) is 17.5 Å². The van der Waals surface area contributed by atoms with Gasteiger partial charge in [0.1, 0.15) is 0 Å². The number of hydrogen-bond donors (Lipinski definition) is 2. The van der Waals surface area contributed by atoms with E-state index in [-0.39, 0.29) is 29.1 Å². The monoisotopic (exact) mass is 465 g/mol. The van der Waals surface area contributed by atoms with E-state index in [1.54, 1.807) is 11.0 Å². The van der Waals surface area contributed by atoms with Gasteiger partial charge in [-0.15, -0.1) is 0 Å². The molecule has 1 aliphatic heterocycles. The third kappa shape index (κ3) is 4.85. The average molecular weight is 466 g/mol. The summed E-state index contributed by atoms with van der Waals surface area (Å²) < 4.78 is 27.3. The van der Waals surface area contributed by atoms with Gasteiger partial charge >= 0.3 is 0 Å². The largest absolute Gasteiger partial charge is 0.326 e. The molecule has 0 spiro atoms. The van der Waals surface area contributed by atoms with E-state index in [1.807, 2.05) is 32.0 Å². The molecule has 10 heteroatoms. The van der Waals surface area contributed by atoms with Gasteiger partial charge < -0.3 is 10.2 Å². The number of anilines is 3. The van der Waals surface area contributed by atoms with Crippen LogP contribution in [0.5, 0.6) is 0 Å². The normalized spacial score (nSPS) is 16.0. The van der Waals surface area contributed by atoms with Crippen molar-refractivity contribution in [3.63, 3.8) is 0 Å². The maximum Gasteiger partial charge on any atom is 0.264 e. The van der Waals surface area contributed by atoms with Crippen molar-refractivity contribution in [2.75, 3.05) is 21.5 Å². The summed E-state index contributed by atoms with van der Waals surface area (Å²) in [5.74, 6) is -0.922. The highest BCUT2D eigenvalue weighted by Gasteiger charge is 2.35. The summed E-state index contributed by atoms with van der Waals surface area (Å²) in [5, 5.41) is 2.77. The Hall–Kier alpha value is -3.79. The van der Waals surface area contributed by atoms with E-state index in [2.05, 4.69) is 20.0 Å². The van der Waals surface area contributed by atoms with Crippen molar-refractivity contribution in [3.8, 4) is 0 Å². The van der Waals surface area contributed by atoms with Gasteiger partial charge in [-0.1, -0.05) is 12.1 Å². The second kappa shape index (κ2) is 8.99. The summed E-state index contributed by atoms with van der Waals surface area (Å²) in [6, 6.07) is 13.1. The number of nitrogens with zero attached hydrogens (tertiary/aromatic N) is 3. The number of rotatable bonds is 6. The fraction of sp³-hybridized carbons (Fsp3) is 0.217. The predicted molar refractivity (Wildman–Crippen MR) is 124 cm³/mol. The number of sulfonamides is 1. The maximum atomic E-state index is 12.8. The minimum absolute atomic E-state index is 0.00472. The lowest BCUT2D eigenvalue weighted by Gasteiger charge is -2.20. The van der Waals surface area contributed by atoms with Crippen LogP contribution >= 0.6 is 0 Å². The highest BCUT2D eigenvalue weighted by molar-refractivity contribution is 7.92. The fourth-order valence-corrected chi connectivity index (χ4v) is 4.59. The average Bonchev–Trinajstić information content (AvgIpc) is 3.18. The lowest BCUT2D eigenvalue weighted by molar-refractivity contribution is -0.122. The maximum absolute atomic E-state index is 12.8. The second-order valence-corrected chi connectivity index (χ2v) is 9.50. The Morgan fingerprint density at radius 3 is 2.42 bits per heavy atom. The molecule has 4 rings (SSSR count). The van der Waals surface area contributed by atoms with Gasteiger partial charge in [0.15, 0.2) is 0 Å². The fourth-order valence-electron chi connectivity index (χ4n) is 3.64. The number of benzene rings is 2. The van der Waals surface area contributed by atoms with Crippen LogP contribution in [-0.2, 0) is 19.6 Å². The molecule has 1 saturated heterocycles. The van der Waals surface area contributed by atoms with Crippen LogP contribution in [0.3, 0.4) is 0 Å². The first-order valence-corrected chi connectivity index (χ1v) is 11.8. The van der Waals surface area contributed by atoms with Crippen LogP contribution in [0.2, 0.25) is 0 Å². The van der Waals surface area contributed by atoms with Crippen molar-refractivity contribution in [2.45, 2.75) is 25.2 Å². The molecule has 2 heterocycles. The zero-order chi connectivity index (χ0) is 23.6. The molecule has 2 N–H and O–H groups in total. The summed E-state index contributed by atoms with van der Waals surface area (Å²) in [6.45, 7) is 4.23. The van der Waals surface area contributed by atoms with Crippen molar-refractivity contribution in [1.29, 1.82) is 0 Å². The third-order valence-electron chi connectivity index (χ3n) is 5.59. The molecule has 1 aliphatic rings. The van der Waals surface area contributed by atoms with E-state index < -0.39 is 15.9 Å². The SMILES string of the molecule is Cc1cccc(N2C[C@@H](C(=O)Nc3ccc(S(=O)(=O)Nc4ncccn4)cc3)CC2=O)c1C. The summed E-state index contributed by atoms with van der Waals surface area (Å²) in [6.07, 6.45) is 2.98. The molecule has 3 aromatic rings. The van der Waals surface area contributed by atoms with Crippen LogP contribution in [0.15, 0.2) is 65.8 Å². The molecule has 9 nitrogen and oxygen atoms in total. The number of hydrogen-bond acceptors (Lipinski definition) is 6. The standard InChI is InChI=1S/C23H23N5O4S/c1-15-5-3-6-20(16(15)2)28-14-17(13-21(28)29)22(30)26-18-7-9-19(10-8-18)33(31,32)27-23-24-11-4-12-25-23/h3-12,17H,13-14H2,1-2H3,(H,26,30)(H,24,25,27)/t17-/m0/s1. The van der Waals surface area contributed by atoms with Crippen LogP contribution in [0, 0.1) is 19.8 Å². The molecule has 170 valence electrons. The Balaban J connectivity index is 1.42. The van der Waals surface area contributed by atoms with Gasteiger partial charge in [0.25, 0.3) is 10.0 Å². The van der Waals surface area contributed by atoms with E-state index in [1.165, 1.54) is 36.7 Å². The number of aromatic nitrogens is 2. The topological polar surface area (TPSA) is 121 Å². The molecule has 0 unspecified atom stereocenters. The van der Waals surface area contributed by atoms with E-state index in [0.29, 0.717) is 12.2 Å². The molecule has 0 aliphatic carbocycles. The van der Waals surface area contributed by atoms with Crippen LogP contribution < -0.4 is 14.9 Å². The van der Waals surface area contributed by atoms with Crippen LogP contribution in [0.25, 0.3) is 0 Å². The Morgan fingerprint density at radius 2 is 1.73 bits per heavy atom. The van der Waals surface area contributed by atoms with E-state index >= 15 is 0 Å². The van der Waals surface area contributed by atoms with Crippen LogP contribution in [0.4, 0.5) is 17.3 Å². The number of aryl methyl sites for hydroxylation is 1. The first-order chi connectivity index (χ1) is 15.7. The predicted octanol–water partition coefficient (Wildman–Crippen LogP) is 2.89. The molecule has 33 heavy (non-hydrogen) atoms. The summed E-state index contributed by atoms with van der Waals surface area (Å²) in [5.41, 5.74) is 3.35. The minimum atomic E-state index is -3.87. The molecular formula is C23H23N5O4S. The molecule has 0 bridgehead atoms. The van der Waals surface area contributed by atoms with Crippen LogP contribution in [-0.4, -0.2) is 36.7 Å². The number of nitrogens with one attached hydrogen (secondary N) is 2. The first-order valence-electron chi connectivity index (χ1n) is 10.3. The van der Waals surface area contributed by atoms with Gasteiger partial charge in [-0.2, -0.15) is 0 Å².